The average molecular weight is 235 g/mol. The molecular formula is C13H21N3O. The molecule has 1 aliphatic rings. The van der Waals surface area contributed by atoms with Crippen molar-refractivity contribution in [3.8, 4) is 0 Å². The fraction of sp³-hybridized carbons (Fsp3) is 0.615. The lowest BCUT2D eigenvalue weighted by Gasteiger charge is -2.33. The van der Waals surface area contributed by atoms with Crippen LogP contribution in [-0.2, 0) is 4.74 Å². The number of pyridine rings is 1. The lowest BCUT2D eigenvalue weighted by Crippen LogP contribution is -2.42. The highest BCUT2D eigenvalue weighted by molar-refractivity contribution is 5.47. The molecule has 17 heavy (non-hydrogen) atoms. The van der Waals surface area contributed by atoms with Gasteiger partial charge in [0.1, 0.15) is 11.6 Å². The molecule has 1 unspecified atom stereocenters. The topological polar surface area (TPSA) is 37.4 Å². The van der Waals surface area contributed by atoms with E-state index in [0.29, 0.717) is 6.10 Å². The van der Waals surface area contributed by atoms with E-state index in [1.54, 1.807) is 0 Å². The minimum Gasteiger partial charge on any atom is -0.375 e. The zero-order valence-electron chi connectivity index (χ0n) is 10.6. The van der Waals surface area contributed by atoms with E-state index in [4.69, 9.17) is 4.74 Å². The maximum atomic E-state index is 5.67. The molecule has 0 amide bonds. The fourth-order valence-electron chi connectivity index (χ4n) is 2.05. The summed E-state index contributed by atoms with van der Waals surface area (Å²) in [6.45, 7) is 7.81. The number of nitrogens with one attached hydrogen (secondary N) is 1. The average Bonchev–Trinajstić information content (AvgIpc) is 2.40. The predicted molar refractivity (Wildman–Crippen MR) is 70.6 cm³/mol. The van der Waals surface area contributed by atoms with Crippen molar-refractivity contribution < 1.29 is 4.74 Å². The van der Waals surface area contributed by atoms with E-state index in [1.807, 2.05) is 6.07 Å². The van der Waals surface area contributed by atoms with Crippen molar-refractivity contribution in [2.45, 2.75) is 26.4 Å². The number of morpholine rings is 1. The largest absolute Gasteiger partial charge is 0.375 e. The predicted octanol–water partition coefficient (Wildman–Crippen LogP) is 2.13. The normalized spacial score (nSPS) is 20.4. The van der Waals surface area contributed by atoms with E-state index in [0.717, 1.165) is 44.3 Å². The second-order valence-corrected chi connectivity index (χ2v) is 4.26. The summed E-state index contributed by atoms with van der Waals surface area (Å²) in [7, 11) is 0. The Bertz CT molecular complexity index is 356. The van der Waals surface area contributed by atoms with Gasteiger partial charge in [-0.1, -0.05) is 13.0 Å². The second-order valence-electron chi connectivity index (χ2n) is 4.26. The van der Waals surface area contributed by atoms with Crippen LogP contribution in [0.4, 0.5) is 11.6 Å². The van der Waals surface area contributed by atoms with Crippen molar-refractivity contribution in [3.63, 3.8) is 0 Å². The summed E-state index contributed by atoms with van der Waals surface area (Å²) in [4.78, 5) is 6.92. The van der Waals surface area contributed by atoms with Gasteiger partial charge in [0.15, 0.2) is 0 Å². The number of rotatable bonds is 4. The van der Waals surface area contributed by atoms with Gasteiger partial charge < -0.3 is 15.0 Å². The Balaban J connectivity index is 2.07. The van der Waals surface area contributed by atoms with Crippen LogP contribution < -0.4 is 10.2 Å². The number of aromatic nitrogens is 1. The van der Waals surface area contributed by atoms with Crippen molar-refractivity contribution in [2.75, 3.05) is 36.5 Å². The third-order valence-corrected chi connectivity index (χ3v) is 3.01. The minimum atomic E-state index is 0.341. The summed E-state index contributed by atoms with van der Waals surface area (Å²) in [5.41, 5.74) is 0. The number of nitrogens with zero attached hydrogens (tertiary/aromatic N) is 2. The first-order valence-electron chi connectivity index (χ1n) is 6.41. The molecule has 0 aliphatic carbocycles. The molecule has 1 aromatic heterocycles. The molecule has 1 aliphatic heterocycles. The molecular weight excluding hydrogens is 214 g/mol. The monoisotopic (exact) mass is 235 g/mol. The standard InChI is InChI=1S/C13H21N3O/c1-3-11-10-16(8-9-17-11)13-7-5-6-12(15-13)14-4-2/h5-7,11H,3-4,8-10H2,1-2H3,(H,14,15). The molecule has 0 spiro atoms. The first-order chi connectivity index (χ1) is 8.33. The number of hydrogen-bond acceptors (Lipinski definition) is 4. The van der Waals surface area contributed by atoms with Crippen LogP contribution in [0.3, 0.4) is 0 Å². The Labute approximate surface area is 103 Å². The first-order valence-corrected chi connectivity index (χ1v) is 6.41. The van der Waals surface area contributed by atoms with Crippen LogP contribution in [-0.4, -0.2) is 37.3 Å². The molecule has 1 fully saturated rings. The zero-order chi connectivity index (χ0) is 12.1. The van der Waals surface area contributed by atoms with E-state index >= 15 is 0 Å². The molecule has 1 N–H and O–H groups in total. The zero-order valence-corrected chi connectivity index (χ0v) is 10.6. The van der Waals surface area contributed by atoms with Crippen molar-refractivity contribution in [1.29, 1.82) is 0 Å². The van der Waals surface area contributed by atoms with Crippen LogP contribution >= 0.6 is 0 Å². The number of hydrogen-bond donors (Lipinski definition) is 1. The van der Waals surface area contributed by atoms with Crippen LogP contribution in [0.15, 0.2) is 18.2 Å². The first kappa shape index (κ1) is 12.2. The van der Waals surface area contributed by atoms with Gasteiger partial charge in [-0.2, -0.15) is 0 Å². The van der Waals surface area contributed by atoms with Crippen LogP contribution in [0.2, 0.25) is 0 Å². The summed E-state index contributed by atoms with van der Waals surface area (Å²) in [6, 6.07) is 6.13. The highest BCUT2D eigenvalue weighted by atomic mass is 16.5. The maximum Gasteiger partial charge on any atom is 0.131 e. The molecule has 1 saturated heterocycles. The van der Waals surface area contributed by atoms with Crippen molar-refractivity contribution in [1.82, 2.24) is 4.98 Å². The fourth-order valence-corrected chi connectivity index (χ4v) is 2.05. The summed E-state index contributed by atoms with van der Waals surface area (Å²) in [6.07, 6.45) is 1.40. The van der Waals surface area contributed by atoms with Crippen LogP contribution in [0.25, 0.3) is 0 Å². The molecule has 94 valence electrons. The number of anilines is 2. The Kier molecular flexibility index (Phi) is 4.20. The lowest BCUT2D eigenvalue weighted by atomic mass is 10.2. The van der Waals surface area contributed by atoms with E-state index in [2.05, 4.69) is 41.2 Å². The van der Waals surface area contributed by atoms with Gasteiger partial charge >= 0.3 is 0 Å². The van der Waals surface area contributed by atoms with Crippen LogP contribution in [0, 0.1) is 0 Å². The molecule has 2 heterocycles. The summed E-state index contributed by atoms with van der Waals surface area (Å²) in [5, 5.41) is 3.24. The Hall–Kier alpha value is -1.29. The van der Waals surface area contributed by atoms with Gasteiger partial charge in [0.05, 0.1) is 12.7 Å². The highest BCUT2D eigenvalue weighted by Gasteiger charge is 2.19. The van der Waals surface area contributed by atoms with E-state index in [1.165, 1.54) is 0 Å². The molecule has 4 nitrogen and oxygen atoms in total. The Morgan fingerprint density at radius 2 is 2.35 bits per heavy atom. The van der Waals surface area contributed by atoms with E-state index < -0.39 is 0 Å². The Morgan fingerprint density at radius 3 is 3.12 bits per heavy atom. The Morgan fingerprint density at radius 1 is 1.47 bits per heavy atom. The quantitative estimate of drug-likeness (QED) is 0.867. The van der Waals surface area contributed by atoms with Crippen molar-refractivity contribution >= 4 is 11.6 Å². The van der Waals surface area contributed by atoms with Gasteiger partial charge in [0, 0.05) is 19.6 Å². The van der Waals surface area contributed by atoms with Gasteiger partial charge in [-0.3, -0.25) is 0 Å². The van der Waals surface area contributed by atoms with Gasteiger partial charge in [-0.15, -0.1) is 0 Å². The molecule has 0 bridgehead atoms. The SMILES string of the molecule is CCNc1cccc(N2CCOC(CC)C2)n1. The van der Waals surface area contributed by atoms with Crippen molar-refractivity contribution in [2.24, 2.45) is 0 Å². The van der Waals surface area contributed by atoms with Crippen LogP contribution in [0.5, 0.6) is 0 Å². The summed E-state index contributed by atoms with van der Waals surface area (Å²) >= 11 is 0. The molecule has 1 atom stereocenters. The third-order valence-electron chi connectivity index (χ3n) is 3.01. The molecule has 0 radical (unpaired) electrons. The van der Waals surface area contributed by atoms with Crippen LogP contribution in [0.1, 0.15) is 20.3 Å². The minimum absolute atomic E-state index is 0.341. The molecule has 1 aromatic rings. The maximum absolute atomic E-state index is 5.67. The molecule has 0 aromatic carbocycles. The highest BCUT2D eigenvalue weighted by Crippen LogP contribution is 2.18. The summed E-state index contributed by atoms with van der Waals surface area (Å²) in [5.74, 6) is 2.00. The summed E-state index contributed by atoms with van der Waals surface area (Å²) < 4.78 is 5.67. The number of ether oxygens (including phenoxy) is 1. The lowest BCUT2D eigenvalue weighted by molar-refractivity contribution is 0.0382. The van der Waals surface area contributed by atoms with Gasteiger partial charge in [-0.25, -0.2) is 4.98 Å². The van der Waals surface area contributed by atoms with E-state index in [-0.39, 0.29) is 0 Å². The molecule has 2 rings (SSSR count). The van der Waals surface area contributed by atoms with Gasteiger partial charge in [0.2, 0.25) is 0 Å². The molecule has 0 saturated carbocycles. The van der Waals surface area contributed by atoms with Gasteiger partial charge in [-0.05, 0) is 25.5 Å². The third kappa shape index (κ3) is 3.09. The van der Waals surface area contributed by atoms with Crippen molar-refractivity contribution in [3.05, 3.63) is 18.2 Å². The molecule has 4 heteroatoms. The van der Waals surface area contributed by atoms with E-state index in [9.17, 15) is 0 Å². The smallest absolute Gasteiger partial charge is 0.131 e. The van der Waals surface area contributed by atoms with Gasteiger partial charge in [0.25, 0.3) is 0 Å². The second kappa shape index (κ2) is 5.87.